The van der Waals surface area contributed by atoms with Gasteiger partial charge in [-0.1, -0.05) is 42.2 Å². The van der Waals surface area contributed by atoms with E-state index < -0.39 is 0 Å². The van der Waals surface area contributed by atoms with E-state index in [-0.39, 0.29) is 24.8 Å². The molecule has 1 fully saturated rings. The van der Waals surface area contributed by atoms with Gasteiger partial charge in [0.1, 0.15) is 4.32 Å². The van der Waals surface area contributed by atoms with Crippen LogP contribution in [0.5, 0.6) is 0 Å². The summed E-state index contributed by atoms with van der Waals surface area (Å²) in [5, 5.41) is 4.80. The van der Waals surface area contributed by atoms with Crippen LogP contribution in [0.15, 0.2) is 46.7 Å². The van der Waals surface area contributed by atoms with Crippen LogP contribution in [-0.4, -0.2) is 27.6 Å². The van der Waals surface area contributed by atoms with Gasteiger partial charge in [-0.25, -0.2) is 0 Å². The number of rotatable bonds is 5. The molecule has 0 aliphatic carbocycles. The average Bonchev–Trinajstić information content (AvgIpc) is 3.15. The Balaban J connectivity index is 1.58. The predicted octanol–water partition coefficient (Wildman–Crippen LogP) is 4.29. The lowest BCUT2D eigenvalue weighted by Gasteiger charge is -2.14. The van der Waals surface area contributed by atoms with Crippen molar-refractivity contribution in [3.8, 4) is 0 Å². The molecule has 2 aromatic rings. The van der Waals surface area contributed by atoms with Crippen LogP contribution in [-0.2, 0) is 9.59 Å². The van der Waals surface area contributed by atoms with Gasteiger partial charge < -0.3 is 5.32 Å². The van der Waals surface area contributed by atoms with Crippen molar-refractivity contribution in [2.45, 2.75) is 13.3 Å². The molecule has 1 aliphatic rings. The Kier molecular flexibility index (Phi) is 5.67. The minimum atomic E-state index is -0.137. The summed E-state index contributed by atoms with van der Waals surface area (Å²) in [5.74, 6) is -0.270. The molecule has 1 aliphatic heterocycles. The first kappa shape index (κ1) is 17.8. The van der Waals surface area contributed by atoms with Crippen molar-refractivity contribution in [3.63, 3.8) is 0 Å². The zero-order valence-electron chi connectivity index (χ0n) is 13.5. The number of carbonyl (C=O) groups excluding carboxylic acids is 2. The molecule has 1 aromatic carbocycles. The van der Waals surface area contributed by atoms with Crippen LogP contribution in [0.1, 0.15) is 16.9 Å². The van der Waals surface area contributed by atoms with Gasteiger partial charge in [-0.15, -0.1) is 11.3 Å². The Labute approximate surface area is 159 Å². The van der Waals surface area contributed by atoms with E-state index >= 15 is 0 Å². The lowest BCUT2D eigenvalue weighted by Crippen LogP contribution is -2.31. The number of hydrogen-bond donors (Lipinski definition) is 1. The van der Waals surface area contributed by atoms with Gasteiger partial charge in [0.15, 0.2) is 0 Å². The van der Waals surface area contributed by atoms with E-state index in [0.29, 0.717) is 9.23 Å². The van der Waals surface area contributed by atoms with E-state index in [4.69, 9.17) is 12.2 Å². The van der Waals surface area contributed by atoms with Crippen molar-refractivity contribution in [1.82, 2.24) is 4.90 Å². The highest BCUT2D eigenvalue weighted by Crippen LogP contribution is 2.33. The minimum absolute atomic E-state index is 0.133. The first-order valence-corrected chi connectivity index (χ1v) is 9.79. The molecule has 1 N–H and O–H groups in total. The zero-order valence-corrected chi connectivity index (χ0v) is 16.0. The summed E-state index contributed by atoms with van der Waals surface area (Å²) < 4.78 is 0.496. The second-order valence-corrected chi connectivity index (χ2v) is 8.17. The molecule has 0 radical (unpaired) electrons. The van der Waals surface area contributed by atoms with Crippen molar-refractivity contribution in [3.05, 3.63) is 57.1 Å². The summed E-state index contributed by atoms with van der Waals surface area (Å²) in [6.45, 7) is 2.25. The summed E-state index contributed by atoms with van der Waals surface area (Å²) in [6.07, 6.45) is 2.05. The van der Waals surface area contributed by atoms with Gasteiger partial charge in [0.25, 0.3) is 5.91 Å². The third-order valence-electron chi connectivity index (χ3n) is 3.55. The summed E-state index contributed by atoms with van der Waals surface area (Å²) in [7, 11) is 0. The number of thiophene rings is 1. The number of nitrogens with zero attached hydrogens (tertiary/aromatic N) is 1. The second kappa shape index (κ2) is 7.95. The van der Waals surface area contributed by atoms with Crippen LogP contribution in [0.2, 0.25) is 0 Å². The van der Waals surface area contributed by atoms with Crippen molar-refractivity contribution in [2.24, 2.45) is 0 Å². The van der Waals surface area contributed by atoms with Gasteiger partial charge >= 0.3 is 0 Å². The quantitative estimate of drug-likeness (QED) is 0.613. The van der Waals surface area contributed by atoms with E-state index in [1.165, 1.54) is 16.7 Å². The zero-order chi connectivity index (χ0) is 17.8. The third-order valence-corrected chi connectivity index (χ3v) is 5.75. The Bertz CT molecular complexity index is 844. The number of hydrogen-bond acceptors (Lipinski definition) is 5. The van der Waals surface area contributed by atoms with Crippen LogP contribution < -0.4 is 5.32 Å². The minimum Gasteiger partial charge on any atom is -0.326 e. The van der Waals surface area contributed by atoms with E-state index in [1.807, 2.05) is 54.8 Å². The molecule has 2 heterocycles. The second-order valence-electron chi connectivity index (χ2n) is 5.52. The average molecular weight is 389 g/mol. The molecule has 0 spiro atoms. The van der Waals surface area contributed by atoms with E-state index in [9.17, 15) is 9.59 Å². The number of nitrogens with one attached hydrogen (secondary N) is 1. The summed E-state index contributed by atoms with van der Waals surface area (Å²) in [6, 6.07) is 11.5. The lowest BCUT2D eigenvalue weighted by atomic mass is 10.2. The lowest BCUT2D eigenvalue weighted by molar-refractivity contribution is -0.122. The molecule has 7 heteroatoms. The fraction of sp³-hybridized carbons (Fsp3) is 0.167. The van der Waals surface area contributed by atoms with Gasteiger partial charge in [0.05, 0.1) is 4.91 Å². The Morgan fingerprint density at radius 1 is 1.32 bits per heavy atom. The van der Waals surface area contributed by atoms with Gasteiger partial charge in [0, 0.05) is 23.5 Å². The molecular weight excluding hydrogens is 372 g/mol. The predicted molar refractivity (Wildman–Crippen MR) is 109 cm³/mol. The Morgan fingerprint density at radius 2 is 2.16 bits per heavy atom. The fourth-order valence-electron chi connectivity index (χ4n) is 2.36. The summed E-state index contributed by atoms with van der Waals surface area (Å²) >= 11 is 8.14. The molecule has 0 saturated carbocycles. The van der Waals surface area contributed by atoms with Crippen LogP contribution in [0.25, 0.3) is 6.08 Å². The topological polar surface area (TPSA) is 49.4 Å². The number of amides is 2. The van der Waals surface area contributed by atoms with Crippen molar-refractivity contribution < 1.29 is 9.59 Å². The Morgan fingerprint density at radius 3 is 2.88 bits per heavy atom. The van der Waals surface area contributed by atoms with Gasteiger partial charge in [-0.2, -0.15) is 0 Å². The van der Waals surface area contributed by atoms with Crippen LogP contribution >= 0.6 is 35.3 Å². The largest absolute Gasteiger partial charge is 0.326 e. The van der Waals surface area contributed by atoms with Crippen molar-refractivity contribution >= 4 is 63.2 Å². The highest BCUT2D eigenvalue weighted by molar-refractivity contribution is 8.26. The molecule has 0 atom stereocenters. The normalized spacial score (nSPS) is 15.9. The summed E-state index contributed by atoms with van der Waals surface area (Å²) in [4.78, 5) is 27.7. The first-order chi connectivity index (χ1) is 12.0. The third kappa shape index (κ3) is 4.56. The van der Waals surface area contributed by atoms with E-state index in [2.05, 4.69) is 5.32 Å². The van der Waals surface area contributed by atoms with Gasteiger partial charge in [-0.05, 0) is 42.1 Å². The number of carbonyl (C=O) groups is 2. The molecule has 1 aromatic heterocycles. The number of benzene rings is 1. The molecule has 0 unspecified atom stereocenters. The molecule has 0 bridgehead atoms. The number of anilines is 1. The molecule has 4 nitrogen and oxygen atoms in total. The first-order valence-electron chi connectivity index (χ1n) is 7.68. The summed E-state index contributed by atoms with van der Waals surface area (Å²) in [5.41, 5.74) is 1.83. The van der Waals surface area contributed by atoms with Gasteiger partial charge in [-0.3, -0.25) is 14.5 Å². The maximum absolute atomic E-state index is 12.5. The van der Waals surface area contributed by atoms with E-state index in [0.717, 1.165) is 16.1 Å². The Hall–Kier alpha value is -1.96. The molecule has 1 saturated heterocycles. The standard InChI is InChI=1S/C18H16N2O2S3/c1-12-4-2-5-13(10-12)19-16(21)7-8-20-17(22)15(25-18(20)23)11-14-6-3-9-24-14/h2-6,9-11H,7-8H2,1H3,(H,19,21)/b15-11-. The maximum Gasteiger partial charge on any atom is 0.266 e. The van der Waals surface area contributed by atoms with E-state index in [1.54, 1.807) is 11.3 Å². The highest BCUT2D eigenvalue weighted by atomic mass is 32.2. The SMILES string of the molecule is Cc1cccc(NC(=O)CCN2C(=O)/C(=C/c3cccs3)SC2=S)c1. The van der Waals surface area contributed by atoms with Crippen LogP contribution in [0.3, 0.4) is 0 Å². The van der Waals surface area contributed by atoms with Crippen molar-refractivity contribution in [1.29, 1.82) is 0 Å². The molecular formula is C18H16N2O2S3. The molecule has 128 valence electrons. The van der Waals surface area contributed by atoms with Crippen molar-refractivity contribution in [2.75, 3.05) is 11.9 Å². The van der Waals surface area contributed by atoms with Gasteiger partial charge in [0.2, 0.25) is 5.91 Å². The van der Waals surface area contributed by atoms with Crippen LogP contribution in [0.4, 0.5) is 5.69 Å². The monoisotopic (exact) mass is 388 g/mol. The number of thioether (sulfide) groups is 1. The number of aryl methyl sites for hydroxylation is 1. The molecule has 25 heavy (non-hydrogen) atoms. The number of thiocarbonyl (C=S) groups is 1. The molecule has 2 amide bonds. The highest BCUT2D eigenvalue weighted by Gasteiger charge is 2.32. The van der Waals surface area contributed by atoms with Crippen LogP contribution in [0, 0.1) is 6.92 Å². The molecule has 3 rings (SSSR count). The maximum atomic E-state index is 12.5. The fourth-order valence-corrected chi connectivity index (χ4v) is 4.39. The smallest absolute Gasteiger partial charge is 0.266 e.